The van der Waals surface area contributed by atoms with Gasteiger partial charge in [-0.25, -0.2) is 0 Å². The number of carbonyl (C=O) groups excluding carboxylic acids is 3. The number of allylic oxidation sites excluding steroid dienone is 4. The van der Waals surface area contributed by atoms with Gasteiger partial charge in [0.15, 0.2) is 12.4 Å². The van der Waals surface area contributed by atoms with Gasteiger partial charge in [-0.15, -0.1) is 0 Å². The molecule has 0 heterocycles. The Labute approximate surface area is 592 Å². The molecule has 0 radical (unpaired) electrons. The molecule has 0 aliphatic rings. The Bertz CT molecular complexity index is 1610. The highest BCUT2D eigenvalue weighted by Gasteiger charge is 2.22. The second-order valence-corrected chi connectivity index (χ2v) is 30.5. The van der Waals surface area contributed by atoms with Crippen molar-refractivity contribution in [2.75, 3.05) is 47.5 Å². The normalized spacial score (nSPS) is 12.6. The highest BCUT2D eigenvalue weighted by Crippen LogP contribution is 2.21. The van der Waals surface area contributed by atoms with Crippen LogP contribution in [0.5, 0.6) is 0 Å². The molecule has 0 amide bonds. The summed E-state index contributed by atoms with van der Waals surface area (Å²) >= 11 is 0. The first kappa shape index (κ1) is 92.8. The number of carboxylic acid groups (broad SMARTS) is 1. The van der Waals surface area contributed by atoms with Gasteiger partial charge >= 0.3 is 11.9 Å². The van der Waals surface area contributed by atoms with Gasteiger partial charge in [-0.3, -0.25) is 9.59 Å². The van der Waals surface area contributed by atoms with Gasteiger partial charge in [-0.1, -0.05) is 398 Å². The van der Waals surface area contributed by atoms with Crippen molar-refractivity contribution in [3.8, 4) is 0 Å². The number of ether oxygens (including phenoxy) is 4. The molecule has 0 bridgehead atoms. The number of unbranched alkanes of at least 4 members (excludes halogenated alkanes) is 62. The van der Waals surface area contributed by atoms with E-state index in [-0.39, 0.29) is 32.2 Å². The maximum absolute atomic E-state index is 13.0. The molecule has 0 aliphatic carbocycles. The molecule has 0 N–H and O–H groups in total. The standard InChI is InChI=1S/C86H165NO8/c1-6-8-10-12-14-16-18-20-22-24-26-28-30-32-34-36-38-39-40-41-42-43-44-45-47-49-51-53-55-57-59-61-63-65-67-69-71-73-75-77-84(89)95-82(81-94-86(85(90)91)92-79-78-87(3,4)5)80-93-83(88)76-74-72-70-68-66-64-62-60-58-56-54-52-50-48-46-37-35-33-31-29-27-25-23-21-19-17-15-13-11-9-7-2/h24-27,82,86H,6-23,28-81H2,1-5H3/b26-24-,27-25-. The van der Waals surface area contributed by atoms with Crippen molar-refractivity contribution >= 4 is 17.9 Å². The van der Waals surface area contributed by atoms with Crippen LogP contribution in [0.4, 0.5) is 0 Å². The van der Waals surface area contributed by atoms with E-state index in [1.807, 2.05) is 21.1 Å². The summed E-state index contributed by atoms with van der Waals surface area (Å²) in [4.78, 5) is 37.6. The van der Waals surface area contributed by atoms with E-state index >= 15 is 0 Å². The molecule has 0 saturated heterocycles. The fourth-order valence-electron chi connectivity index (χ4n) is 13.2. The fraction of sp³-hybridized carbons (Fsp3) is 0.919. The maximum atomic E-state index is 13.0. The lowest BCUT2D eigenvalue weighted by molar-refractivity contribution is -0.870. The molecule has 0 aromatic rings. The first-order chi connectivity index (χ1) is 46.6. The van der Waals surface area contributed by atoms with Gasteiger partial charge in [-0.05, 0) is 64.2 Å². The minimum Gasteiger partial charge on any atom is -0.545 e. The number of hydrogen-bond donors (Lipinski definition) is 0. The zero-order valence-electron chi connectivity index (χ0n) is 64.6. The molecule has 0 aromatic carbocycles. The van der Waals surface area contributed by atoms with E-state index in [2.05, 4.69) is 38.2 Å². The van der Waals surface area contributed by atoms with Crippen LogP contribution in [0.1, 0.15) is 450 Å². The molecule has 562 valence electrons. The molecule has 95 heavy (non-hydrogen) atoms. The summed E-state index contributed by atoms with van der Waals surface area (Å²) in [7, 11) is 5.96. The summed E-state index contributed by atoms with van der Waals surface area (Å²) in [5, 5.41) is 11.9. The molecule has 9 nitrogen and oxygen atoms in total. The van der Waals surface area contributed by atoms with Gasteiger partial charge in [0.2, 0.25) is 0 Å². The summed E-state index contributed by atoms with van der Waals surface area (Å²) in [6, 6.07) is 0. The van der Waals surface area contributed by atoms with Gasteiger partial charge in [0.1, 0.15) is 13.2 Å². The Morgan fingerprint density at radius 2 is 0.537 bits per heavy atom. The van der Waals surface area contributed by atoms with E-state index in [9.17, 15) is 19.5 Å². The summed E-state index contributed by atoms with van der Waals surface area (Å²) in [6.45, 7) is 4.84. The van der Waals surface area contributed by atoms with Gasteiger partial charge in [0.25, 0.3) is 0 Å². The van der Waals surface area contributed by atoms with Crippen LogP contribution in [-0.4, -0.2) is 82.3 Å². The lowest BCUT2D eigenvalue weighted by atomic mass is 10.0. The highest BCUT2D eigenvalue weighted by atomic mass is 16.7. The van der Waals surface area contributed by atoms with E-state index in [4.69, 9.17) is 18.9 Å². The van der Waals surface area contributed by atoms with E-state index in [1.165, 1.54) is 385 Å². The van der Waals surface area contributed by atoms with Gasteiger partial charge < -0.3 is 33.3 Å². The molecule has 2 unspecified atom stereocenters. The average molecular weight is 1340 g/mol. The second kappa shape index (κ2) is 77.5. The molecular formula is C86H165NO8. The Hall–Kier alpha value is -2.23. The minimum absolute atomic E-state index is 0.152. The van der Waals surface area contributed by atoms with Crippen molar-refractivity contribution in [1.82, 2.24) is 0 Å². The van der Waals surface area contributed by atoms with Crippen molar-refractivity contribution in [2.24, 2.45) is 0 Å². The van der Waals surface area contributed by atoms with Gasteiger partial charge in [-0.2, -0.15) is 0 Å². The Balaban J connectivity index is 3.92. The zero-order chi connectivity index (χ0) is 69.0. The van der Waals surface area contributed by atoms with E-state index in [1.54, 1.807) is 0 Å². The molecule has 0 aliphatic heterocycles. The van der Waals surface area contributed by atoms with E-state index in [0.29, 0.717) is 17.4 Å². The smallest absolute Gasteiger partial charge is 0.306 e. The number of hydrogen-bond acceptors (Lipinski definition) is 8. The van der Waals surface area contributed by atoms with Gasteiger partial charge in [0, 0.05) is 12.8 Å². The number of likely N-dealkylation sites (N-methyl/N-ethyl adjacent to an activating group) is 1. The van der Waals surface area contributed by atoms with E-state index in [0.717, 1.165) is 38.5 Å². The second-order valence-electron chi connectivity index (χ2n) is 30.5. The predicted molar refractivity (Wildman–Crippen MR) is 408 cm³/mol. The van der Waals surface area contributed by atoms with Crippen molar-refractivity contribution in [2.45, 2.75) is 463 Å². The molecule has 9 heteroatoms. The number of aliphatic carboxylic acids is 1. The third-order valence-corrected chi connectivity index (χ3v) is 19.7. The maximum Gasteiger partial charge on any atom is 0.306 e. The SMILES string of the molecule is CCCCCCCCCC/C=C\CCCCCCCCCCCCCCCCCCCCCCCCCCCCCC(=O)OC(COC(=O)CCCCCCCCCCCCCCCCCCCCC/C=C\CCCCCCCCCC)COC(OCC[N+](C)(C)C)C(=O)[O-]. The Morgan fingerprint density at radius 3 is 0.779 bits per heavy atom. The van der Waals surface area contributed by atoms with Crippen LogP contribution in [-0.2, 0) is 33.3 Å². The largest absolute Gasteiger partial charge is 0.545 e. The Kier molecular flexibility index (Phi) is 75.7. The zero-order valence-corrected chi connectivity index (χ0v) is 64.6. The minimum atomic E-state index is -1.62. The predicted octanol–water partition coefficient (Wildman–Crippen LogP) is 25.9. The molecule has 0 aromatic heterocycles. The molecule has 0 saturated carbocycles. The summed E-state index contributed by atoms with van der Waals surface area (Å²) in [6.07, 6.45) is 96.2. The molecular weight excluding hydrogens is 1170 g/mol. The van der Waals surface area contributed by atoms with E-state index < -0.39 is 24.3 Å². The lowest BCUT2D eigenvalue weighted by Crippen LogP contribution is -2.44. The van der Waals surface area contributed by atoms with Crippen LogP contribution >= 0.6 is 0 Å². The van der Waals surface area contributed by atoms with Crippen LogP contribution in [0, 0.1) is 0 Å². The van der Waals surface area contributed by atoms with Crippen molar-refractivity contribution in [3.05, 3.63) is 24.3 Å². The number of carboxylic acids is 1. The van der Waals surface area contributed by atoms with Crippen molar-refractivity contribution in [3.63, 3.8) is 0 Å². The molecule has 0 fully saturated rings. The topological polar surface area (TPSA) is 111 Å². The lowest BCUT2D eigenvalue weighted by Gasteiger charge is -2.26. The number of quaternary nitrogens is 1. The van der Waals surface area contributed by atoms with Crippen LogP contribution in [0.15, 0.2) is 24.3 Å². The first-order valence-corrected chi connectivity index (χ1v) is 42.5. The summed E-state index contributed by atoms with van der Waals surface area (Å²) in [5.41, 5.74) is 0. The van der Waals surface area contributed by atoms with Crippen LogP contribution in [0.25, 0.3) is 0 Å². The molecule has 0 spiro atoms. The number of nitrogens with zero attached hydrogens (tertiary/aromatic N) is 1. The summed E-state index contributed by atoms with van der Waals surface area (Å²) < 4.78 is 22.9. The van der Waals surface area contributed by atoms with Crippen molar-refractivity contribution in [1.29, 1.82) is 0 Å². The molecule has 0 rings (SSSR count). The third-order valence-electron chi connectivity index (χ3n) is 19.7. The number of carbonyl (C=O) groups is 3. The number of rotatable bonds is 81. The first-order valence-electron chi connectivity index (χ1n) is 42.5. The molecule has 2 atom stereocenters. The quantitative estimate of drug-likeness (QED) is 0.0195. The van der Waals surface area contributed by atoms with Crippen LogP contribution in [0.3, 0.4) is 0 Å². The highest BCUT2D eigenvalue weighted by molar-refractivity contribution is 5.70. The Morgan fingerprint density at radius 1 is 0.305 bits per heavy atom. The monoisotopic (exact) mass is 1340 g/mol. The van der Waals surface area contributed by atoms with Gasteiger partial charge in [0.05, 0.1) is 40.3 Å². The van der Waals surface area contributed by atoms with Crippen LogP contribution < -0.4 is 5.11 Å². The third kappa shape index (κ3) is 79.0. The number of esters is 2. The summed E-state index contributed by atoms with van der Waals surface area (Å²) in [5.74, 6) is -2.24. The average Bonchev–Trinajstić information content (AvgIpc) is 2.92. The fourth-order valence-corrected chi connectivity index (χ4v) is 13.2. The van der Waals surface area contributed by atoms with Crippen molar-refractivity contribution < 1.29 is 42.9 Å². The van der Waals surface area contributed by atoms with Crippen LogP contribution in [0.2, 0.25) is 0 Å².